The average molecular weight is 476 g/mol. The Labute approximate surface area is 182 Å². The summed E-state index contributed by atoms with van der Waals surface area (Å²) in [5.74, 6) is 0.195. The fourth-order valence-corrected chi connectivity index (χ4v) is 3.63. The van der Waals surface area contributed by atoms with Gasteiger partial charge in [-0.1, -0.05) is 34.1 Å². The molecular formula is C21H22BrN3O5. The number of ether oxygens (including phenoxy) is 2. The Morgan fingerprint density at radius 1 is 1.13 bits per heavy atom. The Morgan fingerprint density at radius 3 is 2.53 bits per heavy atom. The predicted octanol–water partition coefficient (Wildman–Crippen LogP) is 2.55. The molecule has 2 aromatic carbocycles. The van der Waals surface area contributed by atoms with Crippen LogP contribution in [0.3, 0.4) is 0 Å². The lowest BCUT2D eigenvalue weighted by Crippen LogP contribution is -2.43. The number of hydrogen-bond acceptors (Lipinski definition) is 5. The lowest BCUT2D eigenvalue weighted by molar-refractivity contribution is -0.134. The van der Waals surface area contributed by atoms with E-state index in [0.717, 1.165) is 14.9 Å². The molecule has 0 aliphatic carbocycles. The van der Waals surface area contributed by atoms with Crippen molar-refractivity contribution in [1.29, 1.82) is 0 Å². The van der Waals surface area contributed by atoms with Crippen LogP contribution in [0.25, 0.3) is 0 Å². The van der Waals surface area contributed by atoms with Crippen molar-refractivity contribution in [2.24, 2.45) is 0 Å². The van der Waals surface area contributed by atoms with Crippen molar-refractivity contribution in [2.75, 3.05) is 20.8 Å². The predicted molar refractivity (Wildman–Crippen MR) is 113 cm³/mol. The van der Waals surface area contributed by atoms with Gasteiger partial charge in [0.1, 0.15) is 12.1 Å². The number of rotatable bonds is 7. The largest absolute Gasteiger partial charge is 0.493 e. The van der Waals surface area contributed by atoms with Gasteiger partial charge in [-0.15, -0.1) is 0 Å². The summed E-state index contributed by atoms with van der Waals surface area (Å²) in [5.41, 5.74) is 0.186. The van der Waals surface area contributed by atoms with Crippen LogP contribution in [-0.4, -0.2) is 43.5 Å². The number of hydrogen-bond donors (Lipinski definition) is 2. The van der Waals surface area contributed by atoms with E-state index in [1.54, 1.807) is 50.4 Å². The number of benzene rings is 2. The van der Waals surface area contributed by atoms with E-state index in [1.807, 2.05) is 6.07 Å². The number of nitrogens with zero attached hydrogens (tertiary/aromatic N) is 1. The Morgan fingerprint density at radius 2 is 1.87 bits per heavy atom. The highest BCUT2D eigenvalue weighted by Gasteiger charge is 2.49. The number of carbonyl (C=O) groups excluding carboxylic acids is 3. The van der Waals surface area contributed by atoms with E-state index in [9.17, 15) is 14.4 Å². The molecule has 1 aliphatic rings. The Bertz CT molecular complexity index is 996. The lowest BCUT2D eigenvalue weighted by Gasteiger charge is -2.22. The van der Waals surface area contributed by atoms with E-state index in [1.165, 1.54) is 7.11 Å². The zero-order valence-electron chi connectivity index (χ0n) is 16.8. The van der Waals surface area contributed by atoms with Gasteiger partial charge in [0.25, 0.3) is 5.91 Å². The summed E-state index contributed by atoms with van der Waals surface area (Å²) in [7, 11) is 3.07. The van der Waals surface area contributed by atoms with E-state index in [-0.39, 0.29) is 13.1 Å². The van der Waals surface area contributed by atoms with Gasteiger partial charge >= 0.3 is 6.03 Å². The number of nitrogens with one attached hydrogen (secondary N) is 2. The molecule has 1 fully saturated rings. The number of imide groups is 1. The zero-order chi connectivity index (χ0) is 21.9. The Kier molecular flexibility index (Phi) is 6.31. The zero-order valence-corrected chi connectivity index (χ0v) is 18.4. The third-order valence-electron chi connectivity index (χ3n) is 4.92. The minimum Gasteiger partial charge on any atom is -0.493 e. The van der Waals surface area contributed by atoms with Crippen molar-refractivity contribution in [3.05, 3.63) is 58.1 Å². The van der Waals surface area contributed by atoms with Crippen LogP contribution in [0.2, 0.25) is 0 Å². The fraction of sp³-hybridized carbons (Fsp3) is 0.286. The van der Waals surface area contributed by atoms with Gasteiger partial charge in [0, 0.05) is 11.0 Å². The minimum absolute atomic E-state index is 0.214. The summed E-state index contributed by atoms with van der Waals surface area (Å²) in [6.45, 7) is 1.46. The molecule has 1 saturated heterocycles. The summed E-state index contributed by atoms with van der Waals surface area (Å²) < 4.78 is 11.2. The summed E-state index contributed by atoms with van der Waals surface area (Å²) in [4.78, 5) is 38.6. The molecule has 0 unspecified atom stereocenters. The van der Waals surface area contributed by atoms with E-state index < -0.39 is 23.4 Å². The Balaban J connectivity index is 1.65. The first kappa shape index (κ1) is 21.6. The molecule has 0 aromatic heterocycles. The molecule has 8 nitrogen and oxygen atoms in total. The van der Waals surface area contributed by atoms with Gasteiger partial charge in [-0.25, -0.2) is 4.79 Å². The highest BCUT2D eigenvalue weighted by molar-refractivity contribution is 9.10. The maximum atomic E-state index is 12.9. The molecule has 9 heteroatoms. The molecule has 1 heterocycles. The molecular weight excluding hydrogens is 454 g/mol. The van der Waals surface area contributed by atoms with Crippen LogP contribution in [0, 0.1) is 0 Å². The molecule has 2 aromatic rings. The smallest absolute Gasteiger partial charge is 0.325 e. The maximum Gasteiger partial charge on any atom is 0.325 e. The SMILES string of the molecule is COc1ccc(CNC(=O)CN2C(=O)N[C@](C)(c3cccc(Br)c3)C2=O)cc1OC. The number of urea groups is 1. The fourth-order valence-electron chi connectivity index (χ4n) is 3.23. The van der Waals surface area contributed by atoms with Gasteiger partial charge in [-0.3, -0.25) is 14.5 Å². The van der Waals surface area contributed by atoms with Crippen LogP contribution in [0.4, 0.5) is 4.79 Å². The van der Waals surface area contributed by atoms with E-state index in [4.69, 9.17) is 9.47 Å². The van der Waals surface area contributed by atoms with Gasteiger partial charge in [0.2, 0.25) is 5.91 Å². The highest BCUT2D eigenvalue weighted by Crippen LogP contribution is 2.30. The van der Waals surface area contributed by atoms with Crippen LogP contribution in [0.1, 0.15) is 18.1 Å². The topological polar surface area (TPSA) is 97.0 Å². The number of carbonyl (C=O) groups is 3. The third-order valence-corrected chi connectivity index (χ3v) is 5.41. The third kappa shape index (κ3) is 4.25. The molecule has 0 radical (unpaired) electrons. The summed E-state index contributed by atoms with van der Waals surface area (Å²) >= 11 is 3.37. The average Bonchev–Trinajstić information content (AvgIpc) is 2.96. The summed E-state index contributed by atoms with van der Waals surface area (Å²) in [5, 5.41) is 5.40. The number of methoxy groups -OCH3 is 2. The molecule has 0 bridgehead atoms. The number of halogens is 1. The molecule has 0 saturated carbocycles. The maximum absolute atomic E-state index is 12.9. The van der Waals surface area contributed by atoms with Crippen LogP contribution in [0.15, 0.2) is 46.9 Å². The van der Waals surface area contributed by atoms with Crippen LogP contribution < -0.4 is 20.1 Å². The lowest BCUT2D eigenvalue weighted by atomic mass is 9.92. The molecule has 1 aliphatic heterocycles. The molecule has 1 atom stereocenters. The van der Waals surface area contributed by atoms with Crippen molar-refractivity contribution < 1.29 is 23.9 Å². The van der Waals surface area contributed by atoms with Crippen LogP contribution >= 0.6 is 15.9 Å². The first-order valence-corrected chi connectivity index (χ1v) is 9.95. The molecule has 158 valence electrons. The Hall–Kier alpha value is -3.07. The van der Waals surface area contributed by atoms with E-state index in [2.05, 4.69) is 26.6 Å². The highest BCUT2D eigenvalue weighted by atomic mass is 79.9. The van der Waals surface area contributed by atoms with E-state index >= 15 is 0 Å². The second kappa shape index (κ2) is 8.74. The normalized spacial score (nSPS) is 18.2. The van der Waals surface area contributed by atoms with Gasteiger partial charge in [0.15, 0.2) is 11.5 Å². The molecule has 3 rings (SSSR count). The first-order chi connectivity index (χ1) is 14.3. The second-order valence-electron chi connectivity index (χ2n) is 6.92. The molecule has 2 N–H and O–H groups in total. The van der Waals surface area contributed by atoms with Crippen LogP contribution in [0.5, 0.6) is 11.5 Å². The molecule has 30 heavy (non-hydrogen) atoms. The number of amides is 4. The van der Waals surface area contributed by atoms with Gasteiger partial charge in [0.05, 0.1) is 14.2 Å². The quantitative estimate of drug-likeness (QED) is 0.599. The van der Waals surface area contributed by atoms with Crippen molar-refractivity contribution in [3.63, 3.8) is 0 Å². The van der Waals surface area contributed by atoms with Crippen molar-refractivity contribution in [2.45, 2.75) is 19.0 Å². The summed E-state index contributed by atoms with van der Waals surface area (Å²) in [6, 6.07) is 11.8. The van der Waals surface area contributed by atoms with Gasteiger partial charge < -0.3 is 20.1 Å². The molecule has 0 spiro atoms. The van der Waals surface area contributed by atoms with Crippen molar-refractivity contribution >= 4 is 33.8 Å². The monoisotopic (exact) mass is 475 g/mol. The standard InChI is InChI=1S/C21H22BrN3O5/c1-21(14-5-4-6-15(22)10-14)19(27)25(20(28)24-21)12-18(26)23-11-13-7-8-16(29-2)17(9-13)30-3/h4-10H,11-12H2,1-3H3,(H,23,26)(H,24,28)/t21-/m1/s1. The van der Waals surface area contributed by atoms with E-state index in [0.29, 0.717) is 17.1 Å². The van der Waals surface area contributed by atoms with Crippen LogP contribution in [-0.2, 0) is 21.7 Å². The second-order valence-corrected chi connectivity index (χ2v) is 7.84. The molecule has 4 amide bonds. The minimum atomic E-state index is -1.23. The van der Waals surface area contributed by atoms with Crippen molar-refractivity contribution in [1.82, 2.24) is 15.5 Å². The van der Waals surface area contributed by atoms with Crippen molar-refractivity contribution in [3.8, 4) is 11.5 Å². The first-order valence-electron chi connectivity index (χ1n) is 9.16. The van der Waals surface area contributed by atoms with Gasteiger partial charge in [-0.2, -0.15) is 0 Å². The summed E-state index contributed by atoms with van der Waals surface area (Å²) in [6.07, 6.45) is 0. The van der Waals surface area contributed by atoms with Gasteiger partial charge in [-0.05, 0) is 42.3 Å².